The number of benzene rings is 1. The second-order valence-corrected chi connectivity index (χ2v) is 6.97. The van der Waals surface area contributed by atoms with Gasteiger partial charge in [0.15, 0.2) is 0 Å². The summed E-state index contributed by atoms with van der Waals surface area (Å²) >= 11 is 6.59. The smallest absolute Gasteiger partial charge is 0.221 e. The third-order valence-electron chi connectivity index (χ3n) is 3.93. The highest BCUT2D eigenvalue weighted by Gasteiger charge is 2.23. The van der Waals surface area contributed by atoms with E-state index in [1.165, 1.54) is 13.3 Å². The minimum atomic E-state index is -0.0584. The molecule has 2 rings (SSSR count). The van der Waals surface area contributed by atoms with Gasteiger partial charge in [0.25, 0.3) is 0 Å². The summed E-state index contributed by atoms with van der Waals surface area (Å²) in [6.45, 7) is 9.24. The van der Waals surface area contributed by atoms with Crippen LogP contribution in [0.1, 0.15) is 38.1 Å². The second kappa shape index (κ2) is 7.28. The van der Waals surface area contributed by atoms with Crippen molar-refractivity contribution in [3.63, 3.8) is 0 Å². The van der Waals surface area contributed by atoms with Crippen LogP contribution < -0.4 is 5.32 Å². The Kier molecular flexibility index (Phi) is 5.65. The number of nitrogens with zero attached hydrogens (tertiary/aromatic N) is 1. The van der Waals surface area contributed by atoms with E-state index in [-0.39, 0.29) is 11.3 Å². The van der Waals surface area contributed by atoms with E-state index in [1.54, 1.807) is 0 Å². The molecule has 3 atom stereocenters. The zero-order valence-corrected chi connectivity index (χ0v) is 13.9. The van der Waals surface area contributed by atoms with Gasteiger partial charge in [0, 0.05) is 32.2 Å². The highest BCUT2D eigenvalue weighted by molar-refractivity contribution is 6.21. The molecule has 0 aliphatic carbocycles. The van der Waals surface area contributed by atoms with E-state index in [2.05, 4.69) is 24.1 Å². The van der Waals surface area contributed by atoms with E-state index in [0.29, 0.717) is 0 Å². The average Bonchev–Trinajstić information content (AvgIpc) is 2.36. The van der Waals surface area contributed by atoms with Crippen LogP contribution in [0.3, 0.4) is 0 Å². The molecule has 3 unspecified atom stereocenters. The molecule has 1 aromatic carbocycles. The molecule has 1 amide bonds. The minimum Gasteiger partial charge on any atom is -0.326 e. The van der Waals surface area contributed by atoms with Crippen LogP contribution in [0.15, 0.2) is 24.3 Å². The number of likely N-dealkylation sites (tertiary alicyclic amines) is 1. The number of hydrogen-bond acceptors (Lipinski definition) is 2. The molecule has 4 heteroatoms. The molecule has 0 spiro atoms. The summed E-state index contributed by atoms with van der Waals surface area (Å²) in [4.78, 5) is 13.6. The van der Waals surface area contributed by atoms with Crippen LogP contribution >= 0.6 is 11.6 Å². The predicted octanol–water partition coefficient (Wildman–Crippen LogP) is 3.90. The monoisotopic (exact) mass is 308 g/mol. The fraction of sp³-hybridized carbons (Fsp3) is 0.588. The highest BCUT2D eigenvalue weighted by Crippen LogP contribution is 2.28. The van der Waals surface area contributed by atoms with Crippen molar-refractivity contribution in [3.8, 4) is 0 Å². The average molecular weight is 309 g/mol. The van der Waals surface area contributed by atoms with Gasteiger partial charge in [0.05, 0.1) is 5.38 Å². The van der Waals surface area contributed by atoms with Crippen LogP contribution in [0.5, 0.6) is 0 Å². The quantitative estimate of drug-likeness (QED) is 0.856. The van der Waals surface area contributed by atoms with Gasteiger partial charge in [-0.05, 0) is 36.0 Å². The van der Waals surface area contributed by atoms with Gasteiger partial charge < -0.3 is 10.2 Å². The number of halogens is 1. The van der Waals surface area contributed by atoms with Crippen molar-refractivity contribution in [1.29, 1.82) is 0 Å². The molecular weight excluding hydrogens is 284 g/mol. The third-order valence-corrected chi connectivity index (χ3v) is 4.32. The minimum absolute atomic E-state index is 0.0452. The number of anilines is 1. The summed E-state index contributed by atoms with van der Waals surface area (Å²) < 4.78 is 0. The van der Waals surface area contributed by atoms with Gasteiger partial charge in [0.2, 0.25) is 5.91 Å². The molecule has 1 aromatic rings. The number of piperidine rings is 1. The molecule has 0 aromatic heterocycles. The molecule has 0 saturated carbocycles. The molecule has 1 N–H and O–H groups in total. The first-order valence-electron chi connectivity index (χ1n) is 7.68. The molecule has 3 nitrogen and oxygen atoms in total. The summed E-state index contributed by atoms with van der Waals surface area (Å²) in [5.74, 6) is 1.42. The van der Waals surface area contributed by atoms with Crippen molar-refractivity contribution >= 4 is 23.2 Å². The lowest BCUT2D eigenvalue weighted by molar-refractivity contribution is -0.114. The van der Waals surface area contributed by atoms with Gasteiger partial charge in [-0.15, -0.1) is 11.6 Å². The maximum atomic E-state index is 11.1. The summed E-state index contributed by atoms with van der Waals surface area (Å²) in [5.41, 5.74) is 1.87. The molecule has 1 aliphatic rings. The van der Waals surface area contributed by atoms with E-state index in [9.17, 15) is 4.79 Å². The molecule has 116 valence electrons. The van der Waals surface area contributed by atoms with Crippen LogP contribution in [0, 0.1) is 11.8 Å². The lowest BCUT2D eigenvalue weighted by Crippen LogP contribution is -2.40. The summed E-state index contributed by atoms with van der Waals surface area (Å²) in [6.07, 6.45) is 1.31. The van der Waals surface area contributed by atoms with Crippen molar-refractivity contribution in [2.45, 2.75) is 32.6 Å². The summed E-state index contributed by atoms with van der Waals surface area (Å²) in [7, 11) is 0. The summed E-state index contributed by atoms with van der Waals surface area (Å²) in [5, 5.41) is 2.76. The molecule has 0 bridgehead atoms. The third kappa shape index (κ3) is 5.01. The van der Waals surface area contributed by atoms with Crippen LogP contribution in [0.25, 0.3) is 0 Å². The zero-order chi connectivity index (χ0) is 15.4. The van der Waals surface area contributed by atoms with Crippen molar-refractivity contribution in [2.75, 3.05) is 25.0 Å². The summed E-state index contributed by atoms with van der Waals surface area (Å²) in [6, 6.07) is 7.83. The normalized spacial score (nSPS) is 24.6. The van der Waals surface area contributed by atoms with Crippen molar-refractivity contribution in [2.24, 2.45) is 11.8 Å². The highest BCUT2D eigenvalue weighted by atomic mass is 35.5. The zero-order valence-electron chi connectivity index (χ0n) is 13.1. The first-order valence-corrected chi connectivity index (χ1v) is 8.11. The van der Waals surface area contributed by atoms with Crippen molar-refractivity contribution < 1.29 is 4.79 Å². The maximum Gasteiger partial charge on any atom is 0.221 e. The number of hydrogen-bond donors (Lipinski definition) is 1. The van der Waals surface area contributed by atoms with E-state index < -0.39 is 0 Å². The van der Waals surface area contributed by atoms with E-state index in [1.807, 2.05) is 24.3 Å². The Bertz CT molecular complexity index is 481. The lowest BCUT2D eigenvalue weighted by Gasteiger charge is -2.36. The topological polar surface area (TPSA) is 32.3 Å². The first kappa shape index (κ1) is 16.3. The Morgan fingerprint density at radius 2 is 2.05 bits per heavy atom. The fourth-order valence-electron chi connectivity index (χ4n) is 3.29. The molecule has 1 heterocycles. The van der Waals surface area contributed by atoms with Crippen LogP contribution in [0.4, 0.5) is 5.69 Å². The Labute approximate surface area is 132 Å². The number of nitrogens with one attached hydrogen (secondary N) is 1. The predicted molar refractivity (Wildman–Crippen MR) is 88.7 cm³/mol. The Hall–Kier alpha value is -1.06. The van der Waals surface area contributed by atoms with Gasteiger partial charge in [-0.25, -0.2) is 0 Å². The lowest BCUT2D eigenvalue weighted by atomic mass is 9.91. The Morgan fingerprint density at radius 1 is 1.38 bits per heavy atom. The van der Waals surface area contributed by atoms with Gasteiger partial charge in [-0.3, -0.25) is 4.79 Å². The molecule has 1 fully saturated rings. The standard InChI is InChI=1S/C17H25ClN2O/c1-12-7-13(2)10-20(9-12)11-17(18)15-5-4-6-16(8-15)19-14(3)21/h4-6,8,12-13,17H,7,9-11H2,1-3H3,(H,19,21). The fourth-order valence-corrected chi connectivity index (χ4v) is 3.62. The Balaban J connectivity index is 1.99. The SMILES string of the molecule is CC(=O)Nc1cccc(C(Cl)CN2CC(C)CC(C)C2)c1. The second-order valence-electron chi connectivity index (χ2n) is 6.44. The number of rotatable bonds is 4. The van der Waals surface area contributed by atoms with Crippen molar-refractivity contribution in [3.05, 3.63) is 29.8 Å². The first-order chi connectivity index (χ1) is 9.94. The Morgan fingerprint density at radius 3 is 2.67 bits per heavy atom. The van der Waals surface area contributed by atoms with Gasteiger partial charge in [-0.2, -0.15) is 0 Å². The maximum absolute atomic E-state index is 11.1. The number of carbonyl (C=O) groups excluding carboxylic acids is 1. The van der Waals surface area contributed by atoms with Crippen LogP contribution in [-0.4, -0.2) is 30.4 Å². The molecule has 1 aliphatic heterocycles. The van der Waals surface area contributed by atoms with Crippen LogP contribution in [0.2, 0.25) is 0 Å². The van der Waals surface area contributed by atoms with E-state index in [0.717, 1.165) is 42.7 Å². The van der Waals surface area contributed by atoms with E-state index >= 15 is 0 Å². The van der Waals surface area contributed by atoms with Crippen LogP contribution in [-0.2, 0) is 4.79 Å². The molecule has 1 saturated heterocycles. The van der Waals surface area contributed by atoms with Gasteiger partial charge >= 0.3 is 0 Å². The largest absolute Gasteiger partial charge is 0.326 e. The van der Waals surface area contributed by atoms with Crippen molar-refractivity contribution in [1.82, 2.24) is 4.90 Å². The number of carbonyl (C=O) groups is 1. The number of alkyl halides is 1. The number of amides is 1. The molecule has 0 radical (unpaired) electrons. The van der Waals surface area contributed by atoms with E-state index in [4.69, 9.17) is 11.6 Å². The molecule has 21 heavy (non-hydrogen) atoms. The molecular formula is C17H25ClN2O. The van der Waals surface area contributed by atoms with Gasteiger partial charge in [-0.1, -0.05) is 26.0 Å². The van der Waals surface area contributed by atoms with Gasteiger partial charge in [0.1, 0.15) is 0 Å².